The summed E-state index contributed by atoms with van der Waals surface area (Å²) in [4.78, 5) is 20.5. The van der Waals surface area contributed by atoms with Crippen LogP contribution in [0.25, 0.3) is 22.3 Å². The van der Waals surface area contributed by atoms with Crippen LogP contribution in [0.3, 0.4) is 0 Å². The van der Waals surface area contributed by atoms with Crippen LogP contribution in [0.1, 0.15) is 25.5 Å². The molecule has 0 aliphatic carbocycles. The average Bonchev–Trinajstić information content (AvgIpc) is 3.16. The normalized spacial score (nSPS) is 11.4. The van der Waals surface area contributed by atoms with E-state index in [-0.39, 0.29) is 24.3 Å². The number of fused-ring (bicyclic) bond motifs is 1. The van der Waals surface area contributed by atoms with Gasteiger partial charge in [0, 0.05) is 17.3 Å². The first-order valence-corrected chi connectivity index (χ1v) is 10.1. The fourth-order valence-electron chi connectivity index (χ4n) is 3.35. The summed E-state index contributed by atoms with van der Waals surface area (Å²) in [6.07, 6.45) is -3.31. The Labute approximate surface area is 203 Å². The number of hydrogen-bond acceptors (Lipinski definition) is 5. The fraction of sp³-hybridized carbons (Fsp3) is 0.182. The highest BCUT2D eigenvalue weighted by atomic mass is 35.5. The summed E-state index contributed by atoms with van der Waals surface area (Å²) in [6, 6.07) is 7.38. The molecule has 0 unspecified atom stereocenters. The molecule has 2 amide bonds. The van der Waals surface area contributed by atoms with Gasteiger partial charge in [0.25, 0.3) is 0 Å². The van der Waals surface area contributed by atoms with Crippen LogP contribution in [-0.4, -0.2) is 25.8 Å². The Balaban J connectivity index is 0.00000342. The number of halogens is 5. The lowest BCUT2D eigenvalue weighted by Gasteiger charge is -2.12. The lowest BCUT2D eigenvalue weighted by molar-refractivity contribution is -0.137. The molecule has 4 rings (SSSR count). The zero-order chi connectivity index (χ0) is 24.6. The van der Waals surface area contributed by atoms with Gasteiger partial charge in [0.2, 0.25) is 0 Å². The van der Waals surface area contributed by atoms with Crippen molar-refractivity contribution in [3.8, 4) is 11.3 Å². The number of carbonyl (C=O) groups excluding carboxylic acids is 1. The third-order valence-electron chi connectivity index (χ3n) is 4.97. The number of alkyl halides is 3. The fourth-order valence-corrected chi connectivity index (χ4v) is 3.35. The molecule has 0 saturated heterocycles. The maximum atomic E-state index is 13.9. The zero-order valence-corrected chi connectivity index (χ0v) is 19.2. The van der Waals surface area contributed by atoms with Gasteiger partial charge in [0.1, 0.15) is 23.7 Å². The SMILES string of the molecule is CC(C)n1nc(-c2ccc(NC(=O)Nc3cc(C(F)(F)F)ccc3F)cc2)c2c(N)ncnc21.Cl. The number of aromatic nitrogens is 4. The van der Waals surface area contributed by atoms with E-state index in [4.69, 9.17) is 5.73 Å². The number of hydrogen-bond donors (Lipinski definition) is 3. The maximum absolute atomic E-state index is 13.9. The molecule has 2 aromatic carbocycles. The molecule has 0 saturated carbocycles. The number of anilines is 3. The Bertz CT molecular complexity index is 1370. The largest absolute Gasteiger partial charge is 0.416 e. The lowest BCUT2D eigenvalue weighted by Crippen LogP contribution is -2.20. The number of nitrogens with two attached hydrogens (primary N) is 1. The number of nitrogen functional groups attached to an aromatic ring is 1. The van der Waals surface area contributed by atoms with Crippen molar-refractivity contribution < 1.29 is 22.4 Å². The molecular weight excluding hydrogens is 490 g/mol. The van der Waals surface area contributed by atoms with Gasteiger partial charge in [-0.25, -0.2) is 23.8 Å². The van der Waals surface area contributed by atoms with Crippen molar-refractivity contribution >= 4 is 46.7 Å². The van der Waals surface area contributed by atoms with E-state index in [0.29, 0.717) is 46.2 Å². The van der Waals surface area contributed by atoms with Crippen molar-refractivity contribution in [2.45, 2.75) is 26.1 Å². The first kappa shape index (κ1) is 25.7. The van der Waals surface area contributed by atoms with Gasteiger partial charge in [-0.05, 0) is 44.2 Å². The Kier molecular flexibility index (Phi) is 7.15. The summed E-state index contributed by atoms with van der Waals surface area (Å²) in [7, 11) is 0. The first-order valence-electron chi connectivity index (χ1n) is 10.1. The van der Waals surface area contributed by atoms with E-state index in [2.05, 4.69) is 25.7 Å². The van der Waals surface area contributed by atoms with Crippen LogP contribution in [-0.2, 0) is 6.18 Å². The van der Waals surface area contributed by atoms with Crippen LogP contribution in [0.5, 0.6) is 0 Å². The number of amides is 2. The van der Waals surface area contributed by atoms with Crippen molar-refractivity contribution in [1.29, 1.82) is 0 Å². The summed E-state index contributed by atoms with van der Waals surface area (Å²) in [5.41, 5.74) is 6.53. The minimum atomic E-state index is -4.67. The molecule has 0 fully saturated rings. The molecule has 0 bridgehead atoms. The number of carbonyl (C=O) groups is 1. The van der Waals surface area contributed by atoms with Crippen LogP contribution in [0.4, 0.5) is 39.5 Å². The Morgan fingerprint density at radius 2 is 1.74 bits per heavy atom. The standard InChI is InChI=1S/C22H19F4N7O.ClH/c1-11(2)33-20-17(19(27)28-10-29-20)18(32-33)12-3-6-14(7-4-12)30-21(34)31-16-9-13(22(24,25)26)5-8-15(16)23;/h3-11H,1-2H3,(H2,27,28,29)(H2,30,31,34);1H. The van der Waals surface area contributed by atoms with Gasteiger partial charge in [0.15, 0.2) is 5.65 Å². The molecule has 4 N–H and O–H groups in total. The maximum Gasteiger partial charge on any atom is 0.416 e. The number of nitrogens with one attached hydrogen (secondary N) is 2. The lowest BCUT2D eigenvalue weighted by atomic mass is 10.1. The third kappa shape index (κ3) is 5.27. The second-order valence-electron chi connectivity index (χ2n) is 7.69. The van der Waals surface area contributed by atoms with Crippen LogP contribution in [0.15, 0.2) is 48.8 Å². The van der Waals surface area contributed by atoms with Crippen molar-refractivity contribution in [2.24, 2.45) is 0 Å². The molecule has 0 aliphatic heterocycles. The molecule has 2 aromatic heterocycles. The summed E-state index contributed by atoms with van der Waals surface area (Å²) in [5.74, 6) is -0.720. The van der Waals surface area contributed by atoms with E-state index >= 15 is 0 Å². The molecule has 184 valence electrons. The molecule has 0 spiro atoms. The van der Waals surface area contributed by atoms with Crippen LogP contribution in [0.2, 0.25) is 0 Å². The summed E-state index contributed by atoms with van der Waals surface area (Å²) in [6.45, 7) is 3.90. The number of rotatable bonds is 4. The molecule has 0 radical (unpaired) electrons. The van der Waals surface area contributed by atoms with Gasteiger partial charge in [-0.2, -0.15) is 18.3 Å². The highest BCUT2D eigenvalue weighted by Crippen LogP contribution is 2.33. The van der Waals surface area contributed by atoms with Gasteiger partial charge < -0.3 is 16.4 Å². The van der Waals surface area contributed by atoms with Crippen molar-refractivity contribution in [1.82, 2.24) is 19.7 Å². The van der Waals surface area contributed by atoms with Gasteiger partial charge in [-0.15, -0.1) is 12.4 Å². The Morgan fingerprint density at radius 1 is 1.06 bits per heavy atom. The molecule has 0 atom stereocenters. The van der Waals surface area contributed by atoms with Crippen molar-refractivity contribution in [2.75, 3.05) is 16.4 Å². The highest BCUT2D eigenvalue weighted by molar-refractivity contribution is 6.01. The van der Waals surface area contributed by atoms with Crippen LogP contribution < -0.4 is 16.4 Å². The highest BCUT2D eigenvalue weighted by Gasteiger charge is 2.31. The average molecular weight is 510 g/mol. The quantitative estimate of drug-likeness (QED) is 0.297. The van der Waals surface area contributed by atoms with Crippen LogP contribution in [0, 0.1) is 5.82 Å². The molecular formula is C22H20ClF4N7O. The van der Waals surface area contributed by atoms with Crippen molar-refractivity contribution in [3.05, 3.63) is 60.2 Å². The Hall–Kier alpha value is -3.93. The molecule has 4 aromatic rings. The summed E-state index contributed by atoms with van der Waals surface area (Å²) >= 11 is 0. The zero-order valence-electron chi connectivity index (χ0n) is 18.4. The molecule has 2 heterocycles. The second-order valence-corrected chi connectivity index (χ2v) is 7.69. The first-order chi connectivity index (χ1) is 16.0. The summed E-state index contributed by atoms with van der Waals surface area (Å²) in [5, 5.41) is 9.74. The second kappa shape index (κ2) is 9.74. The van der Waals surface area contributed by atoms with E-state index in [1.807, 2.05) is 13.8 Å². The predicted molar refractivity (Wildman–Crippen MR) is 127 cm³/mol. The molecule has 8 nitrogen and oxygen atoms in total. The van der Waals surface area contributed by atoms with E-state index < -0.39 is 29.3 Å². The van der Waals surface area contributed by atoms with Crippen molar-refractivity contribution in [3.63, 3.8) is 0 Å². The monoisotopic (exact) mass is 509 g/mol. The van der Waals surface area contributed by atoms with Gasteiger partial charge in [-0.1, -0.05) is 12.1 Å². The van der Waals surface area contributed by atoms with Gasteiger partial charge in [-0.3, -0.25) is 0 Å². The molecule has 35 heavy (non-hydrogen) atoms. The van der Waals surface area contributed by atoms with Gasteiger partial charge >= 0.3 is 12.2 Å². The third-order valence-corrected chi connectivity index (χ3v) is 4.97. The van der Waals surface area contributed by atoms with Crippen LogP contribution >= 0.6 is 12.4 Å². The topological polar surface area (TPSA) is 111 Å². The Morgan fingerprint density at radius 3 is 2.37 bits per heavy atom. The van der Waals surface area contributed by atoms with E-state index in [9.17, 15) is 22.4 Å². The number of benzene rings is 2. The minimum absolute atomic E-state index is 0. The molecule has 0 aliphatic rings. The number of nitrogens with zero attached hydrogens (tertiary/aromatic N) is 4. The number of urea groups is 1. The van der Waals surface area contributed by atoms with E-state index in [1.165, 1.54) is 6.33 Å². The minimum Gasteiger partial charge on any atom is -0.383 e. The van der Waals surface area contributed by atoms with E-state index in [1.54, 1.807) is 28.9 Å². The van der Waals surface area contributed by atoms with E-state index in [0.717, 1.165) is 0 Å². The predicted octanol–water partition coefficient (Wildman–Crippen LogP) is 5.88. The summed E-state index contributed by atoms with van der Waals surface area (Å²) < 4.78 is 54.2. The van der Waals surface area contributed by atoms with Gasteiger partial charge in [0.05, 0.1) is 16.6 Å². The smallest absolute Gasteiger partial charge is 0.383 e. The molecule has 13 heteroatoms.